The van der Waals surface area contributed by atoms with Crippen LogP contribution in [0.2, 0.25) is 0 Å². The summed E-state index contributed by atoms with van der Waals surface area (Å²) in [6, 6.07) is 5.06. The van der Waals surface area contributed by atoms with E-state index >= 15 is 0 Å². The molecule has 2 fully saturated rings. The highest BCUT2D eigenvalue weighted by Gasteiger charge is 2.40. The Hall–Kier alpha value is -4.42. The van der Waals surface area contributed by atoms with Gasteiger partial charge in [-0.3, -0.25) is 9.97 Å². The molecule has 4 heterocycles. The summed E-state index contributed by atoms with van der Waals surface area (Å²) in [6.45, 7) is 3.75. The minimum Gasteiger partial charge on any atom is -0.490 e. The quantitative estimate of drug-likeness (QED) is 0.129. The van der Waals surface area contributed by atoms with Crippen LogP contribution in [-0.2, 0) is 24.0 Å². The standard InChI is InChI=1S/2C9H11IN2O.5C2HF3O2/c2*10-7-3-9(5-11-4-7)13-6-8-1-2-12-8;5*3-2(4,5)1(6)7/h2*3-5,8,12H,1-2,6H2;5*(H,6,7)/t2*8-;;;;;/m00...../s1. The molecule has 0 unspecified atom stereocenters. The molecule has 2 aromatic rings. The molecule has 0 radical (unpaired) electrons. The lowest BCUT2D eigenvalue weighted by Gasteiger charge is -2.27. The van der Waals surface area contributed by atoms with Gasteiger partial charge < -0.3 is 45.6 Å². The van der Waals surface area contributed by atoms with Crippen LogP contribution in [0.1, 0.15) is 12.8 Å². The Labute approximate surface area is 357 Å². The van der Waals surface area contributed by atoms with Gasteiger partial charge in [0.05, 0.1) is 12.4 Å². The van der Waals surface area contributed by atoms with Crippen molar-refractivity contribution < 1.29 is 125 Å². The van der Waals surface area contributed by atoms with Gasteiger partial charge in [0.1, 0.15) is 24.7 Å². The van der Waals surface area contributed by atoms with Gasteiger partial charge in [-0.2, -0.15) is 65.9 Å². The molecule has 0 aromatic carbocycles. The SMILES string of the molecule is Ic1cncc(OC[C@@H]2CCN2)c1.Ic1cncc(OC[C@@H]2CCN2)c1.O=C(O)C(F)(F)F.O=C(O)C(F)(F)F.O=C(O)C(F)(F)F.O=C(O)C(F)(F)F.O=C(O)C(F)(F)F. The number of nitrogens with zero attached hydrogens (tertiary/aromatic N) is 2. The van der Waals surface area contributed by atoms with E-state index in [1.807, 2.05) is 24.5 Å². The molecule has 16 nitrogen and oxygen atoms in total. The fourth-order valence-electron chi connectivity index (χ4n) is 2.32. The van der Waals surface area contributed by atoms with E-state index in [1.54, 1.807) is 12.4 Å². The molecule has 2 aliphatic heterocycles. The molecule has 7 N–H and O–H groups in total. The van der Waals surface area contributed by atoms with Crippen molar-refractivity contribution in [2.45, 2.75) is 55.8 Å². The van der Waals surface area contributed by atoms with Crippen LogP contribution < -0.4 is 20.1 Å². The molecule has 2 aliphatic rings. The Morgan fingerprint density at radius 2 is 0.705 bits per heavy atom. The highest BCUT2D eigenvalue weighted by Crippen LogP contribution is 2.17. The van der Waals surface area contributed by atoms with Crippen molar-refractivity contribution in [1.82, 2.24) is 20.6 Å². The molecule has 61 heavy (non-hydrogen) atoms. The van der Waals surface area contributed by atoms with Gasteiger partial charge in [0.25, 0.3) is 0 Å². The number of pyridine rings is 2. The Morgan fingerprint density at radius 3 is 0.836 bits per heavy atom. The number of hydrogen-bond acceptors (Lipinski definition) is 11. The second kappa shape index (κ2) is 28.2. The number of alkyl halides is 15. The number of carboxylic acids is 5. The van der Waals surface area contributed by atoms with E-state index < -0.39 is 60.7 Å². The van der Waals surface area contributed by atoms with Gasteiger partial charge in [0, 0.05) is 31.6 Å². The maximum Gasteiger partial charge on any atom is 0.490 e. The average Bonchev–Trinajstić information content (AvgIpc) is 3.03. The van der Waals surface area contributed by atoms with Crippen molar-refractivity contribution in [3.8, 4) is 11.5 Å². The fraction of sp³-hybridized carbons (Fsp3) is 0.464. The predicted octanol–water partition coefficient (Wildman–Crippen LogP) is 6.02. The highest BCUT2D eigenvalue weighted by atomic mass is 127. The second-order valence-electron chi connectivity index (χ2n) is 10.2. The largest absolute Gasteiger partial charge is 0.490 e. The topological polar surface area (TPSA) is 255 Å². The Balaban J connectivity index is -0.000000661. The van der Waals surface area contributed by atoms with Crippen molar-refractivity contribution in [2.75, 3.05) is 26.3 Å². The minimum absolute atomic E-state index is 0.540. The zero-order valence-corrected chi connectivity index (χ0v) is 33.6. The molecular weight excluding hydrogens is 1120 g/mol. The molecule has 33 heteroatoms. The normalized spacial score (nSPS) is 15.4. The molecular formula is C28H27F15I2N4O12. The molecule has 0 spiro atoms. The number of nitrogens with one attached hydrogen (secondary N) is 2. The zero-order chi connectivity index (χ0) is 48.6. The van der Waals surface area contributed by atoms with Crippen LogP contribution in [0.4, 0.5) is 65.9 Å². The van der Waals surface area contributed by atoms with E-state index in [2.05, 4.69) is 65.8 Å². The Kier molecular flexibility index (Phi) is 28.2. The summed E-state index contributed by atoms with van der Waals surface area (Å²) in [5.41, 5.74) is 0. The maximum atomic E-state index is 10.6. The van der Waals surface area contributed by atoms with Crippen LogP contribution in [0.25, 0.3) is 0 Å². The van der Waals surface area contributed by atoms with Gasteiger partial charge in [-0.05, 0) is 83.2 Å². The first-order valence-electron chi connectivity index (χ1n) is 14.8. The third-order valence-electron chi connectivity index (χ3n) is 5.33. The van der Waals surface area contributed by atoms with E-state index in [4.69, 9.17) is 59.0 Å². The molecule has 4 rings (SSSR count). The van der Waals surface area contributed by atoms with Crippen LogP contribution in [0.5, 0.6) is 11.5 Å². The zero-order valence-electron chi connectivity index (χ0n) is 29.3. The summed E-state index contributed by atoms with van der Waals surface area (Å²) in [5.74, 6) is -12.1. The number of aromatic nitrogens is 2. The maximum absolute atomic E-state index is 10.6. The van der Waals surface area contributed by atoms with Crippen molar-refractivity contribution in [2.24, 2.45) is 0 Å². The first-order valence-corrected chi connectivity index (χ1v) is 17.0. The van der Waals surface area contributed by atoms with Crippen LogP contribution in [0, 0.1) is 7.14 Å². The van der Waals surface area contributed by atoms with Gasteiger partial charge in [0.2, 0.25) is 0 Å². The number of aliphatic carboxylic acids is 5. The van der Waals surface area contributed by atoms with Gasteiger partial charge >= 0.3 is 60.7 Å². The second-order valence-corrected chi connectivity index (χ2v) is 12.7. The first kappa shape index (κ1) is 60.9. The van der Waals surface area contributed by atoms with Crippen LogP contribution in [0.15, 0.2) is 36.9 Å². The molecule has 0 bridgehead atoms. The van der Waals surface area contributed by atoms with Crippen molar-refractivity contribution in [3.05, 3.63) is 44.1 Å². The van der Waals surface area contributed by atoms with E-state index in [9.17, 15) is 65.9 Å². The Morgan fingerprint density at radius 1 is 0.508 bits per heavy atom. The molecule has 350 valence electrons. The van der Waals surface area contributed by atoms with Crippen LogP contribution in [0.3, 0.4) is 0 Å². The molecule has 2 atom stereocenters. The molecule has 2 saturated heterocycles. The van der Waals surface area contributed by atoms with E-state index in [0.717, 1.165) is 44.9 Å². The summed E-state index contributed by atoms with van der Waals surface area (Å²) in [6.07, 6.45) is -15.8. The summed E-state index contributed by atoms with van der Waals surface area (Å²) in [4.78, 5) is 52.6. The van der Waals surface area contributed by atoms with Crippen LogP contribution in [-0.4, -0.2) is 135 Å². The fourth-order valence-corrected chi connectivity index (χ4v) is 3.25. The average molecular weight is 1150 g/mol. The number of halogens is 17. The first-order chi connectivity index (χ1) is 27.4. The summed E-state index contributed by atoms with van der Waals surface area (Å²) < 4.78 is 172. The van der Waals surface area contributed by atoms with E-state index in [-0.39, 0.29) is 0 Å². The van der Waals surface area contributed by atoms with E-state index in [1.165, 1.54) is 12.8 Å². The molecule has 0 saturated carbocycles. The van der Waals surface area contributed by atoms with E-state index in [0.29, 0.717) is 12.1 Å². The van der Waals surface area contributed by atoms with Crippen LogP contribution >= 0.6 is 45.2 Å². The molecule has 0 amide bonds. The number of carbonyl (C=O) groups is 5. The summed E-state index contributed by atoms with van der Waals surface area (Å²) >= 11 is 4.46. The Bertz CT molecular complexity index is 1460. The minimum atomic E-state index is -5.08. The highest BCUT2D eigenvalue weighted by molar-refractivity contribution is 14.1. The monoisotopic (exact) mass is 1150 g/mol. The lowest BCUT2D eigenvalue weighted by molar-refractivity contribution is -0.193. The smallest absolute Gasteiger partial charge is 0.490 e. The van der Waals surface area contributed by atoms with Crippen molar-refractivity contribution >= 4 is 75.0 Å². The van der Waals surface area contributed by atoms with Gasteiger partial charge in [-0.1, -0.05) is 0 Å². The number of hydrogen-bond donors (Lipinski definition) is 7. The van der Waals surface area contributed by atoms with Crippen molar-refractivity contribution in [1.29, 1.82) is 0 Å². The number of rotatable bonds is 6. The summed E-state index contributed by atoms with van der Waals surface area (Å²) in [5, 5.41) is 42.2. The third kappa shape index (κ3) is 34.9. The predicted molar refractivity (Wildman–Crippen MR) is 186 cm³/mol. The van der Waals surface area contributed by atoms with Gasteiger partial charge in [-0.25, -0.2) is 24.0 Å². The number of carboxylic acid groups (broad SMARTS) is 5. The van der Waals surface area contributed by atoms with Crippen molar-refractivity contribution in [3.63, 3.8) is 0 Å². The van der Waals surface area contributed by atoms with Gasteiger partial charge in [-0.15, -0.1) is 0 Å². The third-order valence-corrected chi connectivity index (χ3v) is 6.51. The molecule has 0 aliphatic carbocycles. The number of ether oxygens (including phenoxy) is 2. The lowest BCUT2D eigenvalue weighted by atomic mass is 10.1. The lowest BCUT2D eigenvalue weighted by Crippen LogP contribution is -2.46. The van der Waals surface area contributed by atoms with Gasteiger partial charge in [0.15, 0.2) is 0 Å². The summed E-state index contributed by atoms with van der Waals surface area (Å²) in [7, 11) is 0. The molecule has 2 aromatic heterocycles.